The number of aliphatic hydroxyl groups excluding tert-OH is 1. The second kappa shape index (κ2) is 74.3. The normalized spacial score (nSPS) is 5.31. The highest BCUT2D eigenvalue weighted by molar-refractivity contribution is 6.31. The van der Waals surface area contributed by atoms with E-state index < -0.39 is 29.3 Å². The van der Waals surface area contributed by atoms with Crippen LogP contribution in [0.4, 0.5) is 0 Å². The average molecular weight is 415 g/mol. The van der Waals surface area contributed by atoms with E-state index in [1.165, 1.54) is 0 Å². The third-order valence-electron chi connectivity index (χ3n) is 0.129. The molecule has 0 aliphatic carbocycles. The predicted molar refractivity (Wildman–Crippen MR) is 90.3 cm³/mol. The maximum atomic E-state index is 7.75. The number of rotatable bonds is 1. The number of nitrogens with two attached hydrogens (primary N) is 1. The van der Waals surface area contributed by atoms with Gasteiger partial charge in [-0.25, -0.2) is 0 Å². The van der Waals surface area contributed by atoms with Crippen molar-refractivity contribution >= 4 is 29.3 Å². The molecule has 0 saturated heterocycles. The fourth-order valence-electron chi connectivity index (χ4n) is 0. The summed E-state index contributed by atoms with van der Waals surface area (Å²) in [6.45, 7) is 0.472. The number of aliphatic hydroxyl groups is 1. The minimum atomic E-state index is -2.17. The molecule has 29 N–H and O–H groups in total. The number of hydrogen-bond acceptors (Lipinski definition) is 16. The van der Waals surface area contributed by atoms with Crippen LogP contribution >= 0.6 is 0 Å². The first-order valence-electron chi connectivity index (χ1n) is 4.32. The van der Waals surface area contributed by atoms with Gasteiger partial charge in [0.1, 0.15) is 0 Å². The van der Waals surface area contributed by atoms with Crippen LogP contribution in [0.3, 0.4) is 0 Å². The molecule has 0 amide bonds. The van der Waals surface area contributed by atoms with Gasteiger partial charge in [0, 0.05) is 6.54 Å². The Labute approximate surface area is 149 Å². The molecule has 0 unspecified atom stereocenters. The highest BCUT2D eigenvalue weighted by Gasteiger charge is 1.93. The van der Waals surface area contributed by atoms with Crippen molar-refractivity contribution in [3.05, 3.63) is 0 Å². The fraction of sp³-hybridized carbons (Fsp3) is 1.00. The van der Waals surface area contributed by atoms with Crippen molar-refractivity contribution in [3.63, 3.8) is 0 Å². The van der Waals surface area contributed by atoms with Crippen molar-refractivity contribution in [1.82, 2.24) is 12.3 Å². The SMILES string of the molecule is N.N.NCCO.O.O.O.O.OB(O)O.OB(O)O.OB(O)O.OB(O)O. The van der Waals surface area contributed by atoms with Gasteiger partial charge in [0.2, 0.25) is 0 Å². The third-order valence-corrected chi connectivity index (χ3v) is 0.129. The maximum Gasteiger partial charge on any atom is 0.631 e. The van der Waals surface area contributed by atoms with Crippen molar-refractivity contribution in [2.45, 2.75) is 0 Å². The summed E-state index contributed by atoms with van der Waals surface area (Å²) in [4.78, 5) is 0. The summed E-state index contributed by atoms with van der Waals surface area (Å²) in [5.74, 6) is 0. The van der Waals surface area contributed by atoms with E-state index >= 15 is 0 Å². The highest BCUT2D eigenvalue weighted by Crippen LogP contribution is 1.41. The summed E-state index contributed by atoms with van der Waals surface area (Å²) in [5, 5.41) is 93.8. The summed E-state index contributed by atoms with van der Waals surface area (Å²) in [7, 11) is -8.67. The molecule has 0 saturated carbocycles. The van der Waals surface area contributed by atoms with Gasteiger partial charge in [0.05, 0.1) is 6.61 Å². The van der Waals surface area contributed by atoms with Gasteiger partial charge in [0.15, 0.2) is 0 Å². The summed E-state index contributed by atoms with van der Waals surface area (Å²) < 4.78 is 0. The molecule has 0 aliphatic rings. The third kappa shape index (κ3) is 56000. The average Bonchev–Trinajstić information content (AvgIpc) is 2.13. The molecule has 0 aromatic rings. The smallest absolute Gasteiger partial charge is 0.412 e. The summed E-state index contributed by atoms with van der Waals surface area (Å²) in [6, 6.07) is 0. The van der Waals surface area contributed by atoms with Crippen LogP contribution in [0.5, 0.6) is 0 Å². The summed E-state index contributed by atoms with van der Waals surface area (Å²) in [5.41, 5.74) is 4.78. The van der Waals surface area contributed by atoms with Crippen LogP contribution in [0.15, 0.2) is 0 Å². The zero-order valence-electron chi connectivity index (χ0n) is 13.5. The van der Waals surface area contributed by atoms with E-state index in [0.717, 1.165) is 0 Å². The van der Waals surface area contributed by atoms with Crippen molar-refractivity contribution in [2.75, 3.05) is 13.2 Å². The first kappa shape index (κ1) is 72.9. The van der Waals surface area contributed by atoms with Crippen LogP contribution < -0.4 is 18.0 Å². The van der Waals surface area contributed by atoms with Gasteiger partial charge >= 0.3 is 29.3 Å². The monoisotopic (exact) mass is 415 g/mol. The van der Waals surface area contributed by atoms with Crippen molar-refractivity contribution in [2.24, 2.45) is 5.73 Å². The van der Waals surface area contributed by atoms with Gasteiger partial charge in [0.25, 0.3) is 0 Å². The Morgan fingerprint density at radius 2 is 0.500 bits per heavy atom. The highest BCUT2D eigenvalue weighted by atomic mass is 16.5. The Morgan fingerprint density at radius 3 is 0.500 bits per heavy atom. The maximum absolute atomic E-state index is 7.75. The van der Waals surface area contributed by atoms with Gasteiger partial charge < -0.3 is 105 Å². The molecule has 0 spiro atoms. The lowest BCUT2D eigenvalue weighted by Crippen LogP contribution is -2.07. The standard InChI is InChI=1S/C2H7NO.4BH3O3.2H3N.4H2O/c3-1-2-4;4*2-1(3)4;;;;;;/h4H,1-3H2;4*2-4H;2*1H3;4*1H2. The van der Waals surface area contributed by atoms with Crippen LogP contribution in [-0.2, 0) is 0 Å². The van der Waals surface area contributed by atoms with Crippen molar-refractivity contribution < 1.29 is 87.3 Å². The zero-order chi connectivity index (χ0) is 17.7. The minimum absolute atomic E-state index is 0. The molecular formula is C2H33B4N3O17. The van der Waals surface area contributed by atoms with E-state index in [-0.39, 0.29) is 40.8 Å². The number of hydrogen-bond donors (Lipinski definition) is 16. The van der Waals surface area contributed by atoms with Crippen LogP contribution in [-0.4, -0.2) is 130 Å². The molecule has 24 heteroatoms. The predicted octanol–water partition coefficient (Wildman–Crippen LogP) is -12.2. The van der Waals surface area contributed by atoms with E-state index in [9.17, 15) is 0 Å². The van der Waals surface area contributed by atoms with Gasteiger partial charge in [-0.05, 0) is 0 Å². The van der Waals surface area contributed by atoms with Crippen molar-refractivity contribution in [1.29, 1.82) is 0 Å². The minimum Gasteiger partial charge on any atom is -0.412 e. The molecule has 0 heterocycles. The van der Waals surface area contributed by atoms with Crippen LogP contribution in [0, 0.1) is 0 Å². The quantitative estimate of drug-likeness (QED) is 0.177. The van der Waals surface area contributed by atoms with E-state index in [4.69, 9.17) is 71.1 Å². The first-order chi connectivity index (χ1) is 8.84. The second-order valence-corrected chi connectivity index (χ2v) is 1.90. The van der Waals surface area contributed by atoms with Crippen LogP contribution in [0.25, 0.3) is 0 Å². The Kier molecular flexibility index (Phi) is 208. The van der Waals surface area contributed by atoms with Crippen LogP contribution in [0.1, 0.15) is 0 Å². The molecule has 0 rings (SSSR count). The molecule has 170 valence electrons. The Bertz CT molecular complexity index is 99.6. The van der Waals surface area contributed by atoms with E-state index in [1.54, 1.807) is 0 Å². The summed E-state index contributed by atoms with van der Waals surface area (Å²) >= 11 is 0. The van der Waals surface area contributed by atoms with Crippen molar-refractivity contribution in [3.8, 4) is 0 Å². The molecule has 0 aliphatic heterocycles. The fourth-order valence-corrected chi connectivity index (χ4v) is 0. The molecule has 0 bridgehead atoms. The molecule has 0 radical (unpaired) electrons. The van der Waals surface area contributed by atoms with E-state index in [0.29, 0.717) is 6.54 Å². The van der Waals surface area contributed by atoms with Gasteiger partial charge in [-0.1, -0.05) is 0 Å². The molecule has 0 aromatic carbocycles. The summed E-state index contributed by atoms with van der Waals surface area (Å²) in [6.07, 6.45) is 0. The Hall–Kier alpha value is -0.540. The Morgan fingerprint density at radius 1 is 0.462 bits per heavy atom. The van der Waals surface area contributed by atoms with E-state index in [1.807, 2.05) is 0 Å². The van der Waals surface area contributed by atoms with Crippen LogP contribution in [0.2, 0.25) is 0 Å². The largest absolute Gasteiger partial charge is 0.631 e. The molecule has 0 aromatic heterocycles. The topological polar surface area (TPSA) is 485 Å². The molecule has 26 heavy (non-hydrogen) atoms. The second-order valence-electron chi connectivity index (χ2n) is 1.90. The lowest BCUT2D eigenvalue weighted by atomic mass is 10.3. The Balaban J connectivity index is -0.0000000114. The lowest BCUT2D eigenvalue weighted by Gasteiger charge is -1.71. The van der Waals surface area contributed by atoms with Gasteiger partial charge in [-0.15, -0.1) is 0 Å². The zero-order valence-corrected chi connectivity index (χ0v) is 13.5. The van der Waals surface area contributed by atoms with Gasteiger partial charge in [-0.2, -0.15) is 0 Å². The lowest BCUT2D eigenvalue weighted by molar-refractivity contribution is 0.276. The molecule has 20 nitrogen and oxygen atoms in total. The van der Waals surface area contributed by atoms with Gasteiger partial charge in [-0.3, -0.25) is 0 Å². The molecular weight excluding hydrogens is 381 g/mol. The molecule has 0 atom stereocenters. The molecule has 0 fully saturated rings. The van der Waals surface area contributed by atoms with E-state index in [2.05, 4.69) is 0 Å². The first-order valence-corrected chi connectivity index (χ1v) is 4.32.